The summed E-state index contributed by atoms with van der Waals surface area (Å²) in [5.41, 5.74) is 0. The Morgan fingerprint density at radius 3 is 3.18 bits per heavy atom. The zero-order valence-corrected chi connectivity index (χ0v) is 5.69. The molecular formula is C5H7N5O. The van der Waals surface area contributed by atoms with Crippen molar-refractivity contribution in [3.05, 3.63) is 12.7 Å². The standard InChI is InChI=1S/C5H7N5O/c11-4-1-7-5(9-4)10-3-6-2-8-10/h2-3,5,7H,1H2,(H,9,11). The van der Waals surface area contributed by atoms with E-state index in [4.69, 9.17) is 0 Å². The van der Waals surface area contributed by atoms with Crippen molar-refractivity contribution >= 4 is 5.91 Å². The Balaban J connectivity index is 2.13. The van der Waals surface area contributed by atoms with Crippen LogP contribution in [0.5, 0.6) is 0 Å². The summed E-state index contributed by atoms with van der Waals surface area (Å²) in [6.07, 6.45) is 2.74. The molecule has 11 heavy (non-hydrogen) atoms. The van der Waals surface area contributed by atoms with Crippen molar-refractivity contribution in [2.45, 2.75) is 6.29 Å². The molecule has 1 aromatic rings. The van der Waals surface area contributed by atoms with E-state index in [0.29, 0.717) is 6.54 Å². The molecule has 1 aliphatic rings. The number of carbonyl (C=O) groups excluding carboxylic acids is 1. The number of carbonyl (C=O) groups is 1. The van der Waals surface area contributed by atoms with Gasteiger partial charge in [0, 0.05) is 0 Å². The van der Waals surface area contributed by atoms with Gasteiger partial charge in [-0.3, -0.25) is 10.1 Å². The minimum atomic E-state index is -0.231. The van der Waals surface area contributed by atoms with Crippen molar-refractivity contribution in [1.82, 2.24) is 25.4 Å². The molecular weight excluding hydrogens is 146 g/mol. The van der Waals surface area contributed by atoms with Crippen LogP contribution in [0.3, 0.4) is 0 Å². The Hall–Kier alpha value is -1.43. The van der Waals surface area contributed by atoms with Crippen LogP contribution >= 0.6 is 0 Å². The second-order valence-electron chi connectivity index (χ2n) is 2.23. The van der Waals surface area contributed by atoms with Crippen LogP contribution in [0, 0.1) is 0 Å². The summed E-state index contributed by atoms with van der Waals surface area (Å²) in [6.45, 7) is 0.338. The van der Waals surface area contributed by atoms with Crippen molar-refractivity contribution in [3.8, 4) is 0 Å². The van der Waals surface area contributed by atoms with Gasteiger partial charge in [0.25, 0.3) is 0 Å². The predicted octanol–water partition coefficient (Wildman–Crippen LogP) is -1.55. The van der Waals surface area contributed by atoms with E-state index >= 15 is 0 Å². The van der Waals surface area contributed by atoms with E-state index in [1.807, 2.05) is 0 Å². The quantitative estimate of drug-likeness (QED) is 0.512. The molecule has 0 bridgehead atoms. The molecule has 1 amide bonds. The molecule has 6 heteroatoms. The molecule has 0 spiro atoms. The average Bonchev–Trinajstić information content (AvgIpc) is 2.55. The average molecular weight is 153 g/mol. The third-order valence-corrected chi connectivity index (χ3v) is 1.45. The molecule has 1 aliphatic heterocycles. The molecule has 1 atom stereocenters. The van der Waals surface area contributed by atoms with E-state index < -0.39 is 0 Å². The molecule has 0 aromatic carbocycles. The molecule has 2 rings (SSSR count). The van der Waals surface area contributed by atoms with E-state index in [1.165, 1.54) is 6.33 Å². The van der Waals surface area contributed by atoms with Crippen LogP contribution in [0.15, 0.2) is 12.7 Å². The Morgan fingerprint density at radius 2 is 2.64 bits per heavy atom. The van der Waals surface area contributed by atoms with Crippen molar-refractivity contribution in [1.29, 1.82) is 0 Å². The first-order valence-electron chi connectivity index (χ1n) is 3.23. The van der Waals surface area contributed by atoms with Gasteiger partial charge in [0.2, 0.25) is 5.91 Å². The number of nitrogens with one attached hydrogen (secondary N) is 2. The Bertz CT molecular complexity index is 256. The maximum Gasteiger partial charge on any atom is 0.236 e. The SMILES string of the molecule is O=C1CNC(n2cncn2)N1. The van der Waals surface area contributed by atoms with Crippen LogP contribution in [0.1, 0.15) is 6.29 Å². The predicted molar refractivity (Wildman–Crippen MR) is 35.2 cm³/mol. The van der Waals surface area contributed by atoms with Crippen LogP contribution in [0.25, 0.3) is 0 Å². The minimum Gasteiger partial charge on any atom is -0.321 e. The Labute approximate surface area is 62.6 Å². The van der Waals surface area contributed by atoms with Gasteiger partial charge in [-0.2, -0.15) is 5.10 Å². The second-order valence-corrected chi connectivity index (χ2v) is 2.23. The molecule has 1 aromatic heterocycles. The van der Waals surface area contributed by atoms with Gasteiger partial charge in [-0.05, 0) is 0 Å². The summed E-state index contributed by atoms with van der Waals surface area (Å²) in [4.78, 5) is 14.5. The van der Waals surface area contributed by atoms with Crippen molar-refractivity contribution in [3.63, 3.8) is 0 Å². The molecule has 0 aliphatic carbocycles. The highest BCUT2D eigenvalue weighted by Gasteiger charge is 2.20. The number of nitrogens with zero attached hydrogens (tertiary/aromatic N) is 3. The summed E-state index contributed by atoms with van der Waals surface area (Å²) in [6, 6.07) is 0. The molecule has 1 unspecified atom stereocenters. The largest absolute Gasteiger partial charge is 0.321 e. The first-order chi connectivity index (χ1) is 5.36. The molecule has 0 saturated carbocycles. The van der Waals surface area contributed by atoms with Crippen molar-refractivity contribution in [2.75, 3.05) is 6.54 Å². The molecule has 58 valence electrons. The topological polar surface area (TPSA) is 71.8 Å². The third-order valence-electron chi connectivity index (χ3n) is 1.45. The highest BCUT2D eigenvalue weighted by molar-refractivity contribution is 5.79. The lowest BCUT2D eigenvalue weighted by Crippen LogP contribution is -2.29. The molecule has 1 saturated heterocycles. The van der Waals surface area contributed by atoms with Crippen LogP contribution in [0.2, 0.25) is 0 Å². The molecule has 1 fully saturated rings. The van der Waals surface area contributed by atoms with Crippen molar-refractivity contribution in [2.24, 2.45) is 0 Å². The van der Waals surface area contributed by atoms with Crippen LogP contribution in [0.4, 0.5) is 0 Å². The highest BCUT2D eigenvalue weighted by Crippen LogP contribution is 1.98. The normalized spacial score (nSPS) is 23.6. The van der Waals surface area contributed by atoms with E-state index in [2.05, 4.69) is 20.7 Å². The smallest absolute Gasteiger partial charge is 0.236 e. The van der Waals surface area contributed by atoms with E-state index in [9.17, 15) is 4.79 Å². The zero-order valence-electron chi connectivity index (χ0n) is 5.69. The molecule has 2 heterocycles. The fraction of sp³-hybridized carbons (Fsp3) is 0.400. The van der Waals surface area contributed by atoms with Gasteiger partial charge in [-0.15, -0.1) is 0 Å². The van der Waals surface area contributed by atoms with Crippen LogP contribution < -0.4 is 10.6 Å². The fourth-order valence-corrected chi connectivity index (χ4v) is 0.954. The summed E-state index contributed by atoms with van der Waals surface area (Å²) in [7, 11) is 0. The monoisotopic (exact) mass is 153 g/mol. The van der Waals surface area contributed by atoms with Gasteiger partial charge < -0.3 is 5.32 Å². The maximum absolute atomic E-state index is 10.7. The number of hydrogen-bond donors (Lipinski definition) is 2. The first-order valence-corrected chi connectivity index (χ1v) is 3.23. The summed E-state index contributed by atoms with van der Waals surface area (Å²) < 4.78 is 1.55. The van der Waals surface area contributed by atoms with Crippen molar-refractivity contribution < 1.29 is 4.79 Å². The molecule has 2 N–H and O–H groups in total. The zero-order chi connectivity index (χ0) is 7.68. The van der Waals surface area contributed by atoms with Gasteiger partial charge in [0.1, 0.15) is 12.7 Å². The second kappa shape index (κ2) is 2.31. The van der Waals surface area contributed by atoms with Gasteiger partial charge >= 0.3 is 0 Å². The van der Waals surface area contributed by atoms with Gasteiger partial charge in [-0.1, -0.05) is 0 Å². The lowest BCUT2D eigenvalue weighted by molar-refractivity contribution is -0.118. The number of rotatable bonds is 1. The summed E-state index contributed by atoms with van der Waals surface area (Å²) >= 11 is 0. The van der Waals surface area contributed by atoms with Crippen LogP contribution in [-0.2, 0) is 4.79 Å². The van der Waals surface area contributed by atoms with Gasteiger partial charge in [0.05, 0.1) is 6.54 Å². The minimum absolute atomic E-state index is 0.0227. The number of aromatic nitrogens is 3. The molecule has 6 nitrogen and oxygen atoms in total. The maximum atomic E-state index is 10.7. The third kappa shape index (κ3) is 1.07. The highest BCUT2D eigenvalue weighted by atomic mass is 16.2. The number of amides is 1. The summed E-state index contributed by atoms with van der Waals surface area (Å²) in [5.74, 6) is -0.0227. The lowest BCUT2D eigenvalue weighted by atomic mass is 10.7. The van der Waals surface area contributed by atoms with Gasteiger partial charge in [0.15, 0.2) is 6.29 Å². The van der Waals surface area contributed by atoms with Crippen LogP contribution in [-0.4, -0.2) is 27.2 Å². The lowest BCUT2D eigenvalue weighted by Gasteiger charge is -2.08. The van der Waals surface area contributed by atoms with E-state index in [1.54, 1.807) is 11.0 Å². The Morgan fingerprint density at radius 1 is 1.73 bits per heavy atom. The summed E-state index contributed by atoms with van der Waals surface area (Å²) in [5, 5.41) is 9.44. The first kappa shape index (κ1) is 6.29. The van der Waals surface area contributed by atoms with E-state index in [-0.39, 0.29) is 12.2 Å². The number of hydrogen-bond acceptors (Lipinski definition) is 4. The molecule has 0 radical (unpaired) electrons. The van der Waals surface area contributed by atoms with Gasteiger partial charge in [-0.25, -0.2) is 9.67 Å². The Kier molecular flexibility index (Phi) is 1.32. The fourth-order valence-electron chi connectivity index (χ4n) is 0.954. The van der Waals surface area contributed by atoms with E-state index in [0.717, 1.165) is 0 Å².